The Kier molecular flexibility index (Phi) is 40.9. The molecule has 392 valence electrons. The zero-order valence-corrected chi connectivity index (χ0v) is 43.0. The van der Waals surface area contributed by atoms with Crippen LogP contribution < -0.4 is 0 Å². The van der Waals surface area contributed by atoms with Gasteiger partial charge in [0.2, 0.25) is 0 Å². The minimum absolute atomic E-state index is 0.0833. The Morgan fingerprint density at radius 2 is 0.941 bits per heavy atom. The molecule has 0 amide bonds. The van der Waals surface area contributed by atoms with Crippen LogP contribution in [-0.2, 0) is 38.7 Å². The number of aliphatic hydroxyl groups is 3. The van der Waals surface area contributed by atoms with Gasteiger partial charge in [-0.1, -0.05) is 189 Å². The first-order chi connectivity index (χ1) is 33.0. The zero-order chi connectivity index (χ0) is 49.8. The second-order valence-electron chi connectivity index (χ2n) is 18.2. The molecule has 0 aromatic carbocycles. The summed E-state index contributed by atoms with van der Waals surface area (Å²) < 4.78 is 54.2. The minimum Gasteiger partial charge on any atom is -0.462 e. The molecule has 6 unspecified atom stereocenters. The molecule has 0 radical (unpaired) electrons. The van der Waals surface area contributed by atoms with Gasteiger partial charge in [-0.2, -0.15) is 8.42 Å². The van der Waals surface area contributed by atoms with Gasteiger partial charge in [0.1, 0.15) is 36.8 Å². The first-order valence-corrected chi connectivity index (χ1v) is 28.1. The third kappa shape index (κ3) is 37.9. The molecule has 1 rings (SSSR count). The summed E-state index contributed by atoms with van der Waals surface area (Å²) in [6, 6.07) is 0. The van der Waals surface area contributed by atoms with Gasteiger partial charge in [-0.25, -0.2) is 0 Å². The lowest BCUT2D eigenvalue weighted by molar-refractivity contribution is -0.297. The van der Waals surface area contributed by atoms with Crippen LogP contribution in [0.5, 0.6) is 0 Å². The Hall–Kier alpha value is -2.91. The molecule has 1 fully saturated rings. The third-order valence-electron chi connectivity index (χ3n) is 11.8. The van der Waals surface area contributed by atoms with Crippen molar-refractivity contribution in [2.75, 3.05) is 19.0 Å². The smallest absolute Gasteiger partial charge is 0.306 e. The molecule has 0 aromatic rings. The summed E-state index contributed by atoms with van der Waals surface area (Å²) in [7, 11) is -4.62. The van der Waals surface area contributed by atoms with Crippen molar-refractivity contribution in [1.82, 2.24) is 0 Å². The van der Waals surface area contributed by atoms with Crippen LogP contribution in [0.25, 0.3) is 0 Å². The van der Waals surface area contributed by atoms with Crippen molar-refractivity contribution < 1.29 is 56.8 Å². The van der Waals surface area contributed by atoms with Gasteiger partial charge in [-0.15, -0.1) is 0 Å². The number of carbonyl (C=O) groups is 2. The summed E-state index contributed by atoms with van der Waals surface area (Å²) >= 11 is 0. The van der Waals surface area contributed by atoms with Crippen LogP contribution in [0, 0.1) is 0 Å². The lowest BCUT2D eigenvalue weighted by Crippen LogP contribution is -2.60. The van der Waals surface area contributed by atoms with E-state index in [4.69, 9.17) is 18.9 Å². The van der Waals surface area contributed by atoms with Gasteiger partial charge in [0.25, 0.3) is 10.1 Å². The molecule has 0 aromatic heterocycles. The molecule has 4 N–H and O–H groups in total. The Morgan fingerprint density at radius 3 is 1.44 bits per heavy atom. The van der Waals surface area contributed by atoms with E-state index in [9.17, 15) is 37.9 Å². The molecule has 0 aliphatic carbocycles. The normalized spacial score (nSPS) is 19.8. The van der Waals surface area contributed by atoms with Crippen LogP contribution in [0.2, 0.25) is 0 Å². The fraction of sp³-hybridized carbons (Fsp3) is 0.745. The van der Waals surface area contributed by atoms with E-state index in [-0.39, 0.29) is 19.4 Å². The molecule has 1 heterocycles. The lowest BCUT2D eigenvalue weighted by Gasteiger charge is -2.40. The van der Waals surface area contributed by atoms with E-state index < -0.39 is 71.2 Å². The number of allylic oxidation sites excluding steroid dienone is 12. The maximum absolute atomic E-state index is 12.8. The highest BCUT2D eigenvalue weighted by Crippen LogP contribution is 2.24. The van der Waals surface area contributed by atoms with Crippen molar-refractivity contribution in [1.29, 1.82) is 0 Å². The number of ether oxygens (including phenoxy) is 4. The molecule has 0 spiro atoms. The van der Waals surface area contributed by atoms with Crippen molar-refractivity contribution in [2.45, 2.75) is 243 Å². The number of carbonyl (C=O) groups excluding carboxylic acids is 2. The number of esters is 2. The van der Waals surface area contributed by atoms with Crippen molar-refractivity contribution >= 4 is 22.1 Å². The molecule has 1 aliphatic rings. The second kappa shape index (κ2) is 44.1. The van der Waals surface area contributed by atoms with Gasteiger partial charge in [0.15, 0.2) is 12.4 Å². The van der Waals surface area contributed by atoms with Crippen LogP contribution in [0.1, 0.15) is 206 Å². The van der Waals surface area contributed by atoms with Gasteiger partial charge < -0.3 is 34.3 Å². The summed E-state index contributed by atoms with van der Waals surface area (Å²) in [6.45, 7) is 3.62. The zero-order valence-electron chi connectivity index (χ0n) is 42.2. The Bertz CT molecular complexity index is 1520. The monoisotopic (exact) mass is 979 g/mol. The summed E-state index contributed by atoms with van der Waals surface area (Å²) in [5, 5.41) is 31.0. The molecular weight excluding hydrogens is 885 g/mol. The number of hydrogen-bond donors (Lipinski definition) is 4. The van der Waals surface area contributed by atoms with E-state index in [1.54, 1.807) is 0 Å². The molecular formula is C55H94O12S. The highest BCUT2D eigenvalue weighted by molar-refractivity contribution is 7.85. The van der Waals surface area contributed by atoms with Crippen LogP contribution in [0.3, 0.4) is 0 Å². The fourth-order valence-electron chi connectivity index (χ4n) is 7.71. The van der Waals surface area contributed by atoms with Crippen molar-refractivity contribution in [3.63, 3.8) is 0 Å². The first-order valence-electron chi connectivity index (χ1n) is 26.5. The van der Waals surface area contributed by atoms with Gasteiger partial charge in [0.05, 0.1) is 6.61 Å². The predicted molar refractivity (Wildman–Crippen MR) is 275 cm³/mol. The molecule has 0 saturated carbocycles. The molecule has 1 aliphatic heterocycles. The Morgan fingerprint density at radius 1 is 0.515 bits per heavy atom. The highest BCUT2D eigenvalue weighted by Gasteiger charge is 2.46. The largest absolute Gasteiger partial charge is 0.462 e. The molecule has 12 nitrogen and oxygen atoms in total. The maximum atomic E-state index is 12.8. The van der Waals surface area contributed by atoms with Crippen LogP contribution >= 0.6 is 0 Å². The summed E-state index contributed by atoms with van der Waals surface area (Å²) in [4.78, 5) is 25.5. The van der Waals surface area contributed by atoms with E-state index in [2.05, 4.69) is 74.6 Å². The van der Waals surface area contributed by atoms with Gasteiger partial charge in [-0.3, -0.25) is 14.1 Å². The van der Waals surface area contributed by atoms with Crippen molar-refractivity contribution in [2.24, 2.45) is 0 Å². The summed E-state index contributed by atoms with van der Waals surface area (Å²) in [6.07, 6.45) is 48.1. The number of aliphatic hydroxyl groups excluding tert-OH is 3. The molecule has 1 saturated heterocycles. The summed E-state index contributed by atoms with van der Waals surface area (Å²) in [5.41, 5.74) is 0. The van der Waals surface area contributed by atoms with Gasteiger partial charge in [0, 0.05) is 12.8 Å². The van der Waals surface area contributed by atoms with E-state index in [1.165, 1.54) is 109 Å². The van der Waals surface area contributed by atoms with Crippen molar-refractivity contribution in [3.8, 4) is 0 Å². The average molecular weight is 979 g/mol. The van der Waals surface area contributed by atoms with E-state index >= 15 is 0 Å². The lowest BCUT2D eigenvalue weighted by atomic mass is 10.00. The van der Waals surface area contributed by atoms with Crippen LogP contribution in [0.4, 0.5) is 0 Å². The SMILES string of the molecule is CC/C=C\C/C=C\C/C=C\C/C=C\C/C=C\CCCC(=O)OC(COC(=O)CCCCCCCCCCCCC/C=C\CCCCCCCCCC)COC1OC(CS(=O)(=O)O)C(O)C(O)C1O. The standard InChI is InChI=1S/C55H94O12S/c1-3-5-7-9-11-13-15-17-19-21-22-23-24-25-26-28-29-31-33-35-37-39-41-43-50(56)64-45-48(46-65-55-54(60)53(59)52(58)49(67-55)47-68(61,62)63)66-51(57)44-42-40-38-36-34-32-30-27-20-18-16-14-12-10-8-6-4-2/h6,8,12,14,18,20-22,30,32,36,38,48-49,52-55,58-60H,3-5,7,9-11,13,15-17,19,23-29,31,33-35,37,39-47H2,1-2H3,(H,61,62,63)/b8-6-,14-12-,20-18-,22-21-,32-30-,38-36-. The fourth-order valence-corrected chi connectivity index (χ4v) is 8.40. The molecule has 0 bridgehead atoms. The maximum Gasteiger partial charge on any atom is 0.306 e. The molecule has 6 atom stereocenters. The van der Waals surface area contributed by atoms with Crippen molar-refractivity contribution in [3.05, 3.63) is 72.9 Å². The van der Waals surface area contributed by atoms with Gasteiger partial charge >= 0.3 is 11.9 Å². The molecule has 13 heteroatoms. The van der Waals surface area contributed by atoms with Crippen LogP contribution in [0.15, 0.2) is 72.9 Å². The number of hydrogen-bond acceptors (Lipinski definition) is 11. The average Bonchev–Trinajstić information content (AvgIpc) is 3.31. The van der Waals surface area contributed by atoms with E-state index in [1.807, 2.05) is 12.2 Å². The van der Waals surface area contributed by atoms with E-state index in [0.29, 0.717) is 19.3 Å². The quantitative estimate of drug-likeness (QED) is 0.0196. The molecule has 68 heavy (non-hydrogen) atoms. The topological polar surface area (TPSA) is 186 Å². The van der Waals surface area contributed by atoms with Gasteiger partial charge in [-0.05, 0) is 77.0 Å². The second-order valence-corrected chi connectivity index (χ2v) is 19.7. The number of rotatable bonds is 44. The summed E-state index contributed by atoms with van der Waals surface area (Å²) in [5.74, 6) is -2.06. The minimum atomic E-state index is -4.62. The van der Waals surface area contributed by atoms with E-state index in [0.717, 1.165) is 51.4 Å². The number of unbranched alkanes of at least 4 members (excludes halogenated alkanes) is 20. The highest BCUT2D eigenvalue weighted by atomic mass is 32.2. The van der Waals surface area contributed by atoms with Crippen LogP contribution in [-0.4, -0.2) is 96.0 Å². The Labute approximate surface area is 412 Å². The Balaban J connectivity index is 2.37. The third-order valence-corrected chi connectivity index (χ3v) is 12.5. The predicted octanol–water partition coefficient (Wildman–Crippen LogP) is 12.2. The first kappa shape index (κ1) is 63.1.